The van der Waals surface area contributed by atoms with Gasteiger partial charge in [-0.2, -0.15) is 0 Å². The number of benzene rings is 3. The van der Waals surface area contributed by atoms with Crippen LogP contribution in [-0.4, -0.2) is 196 Å². The second kappa shape index (κ2) is 25.8. The number of thioether (sulfide) groups is 2. The molecule has 0 saturated carbocycles. The van der Waals surface area contributed by atoms with E-state index in [0.717, 1.165) is 33.3 Å². The molecule has 0 radical (unpaired) electrons. The highest BCUT2D eigenvalue weighted by Gasteiger charge is 2.31. The first-order valence-corrected chi connectivity index (χ1v) is 23.0. The zero-order chi connectivity index (χ0) is 50.9. The molecule has 2 aromatic rings. The Hall–Kier alpha value is -7.22. The Bertz CT molecular complexity index is 2590. The number of hydrogen-bond acceptors (Lipinski definition) is 16. The number of para-hydroxylation sites is 1. The molecule has 1 heterocycles. The smallest absolute Gasteiger partial charge is 0.321 e. The van der Waals surface area contributed by atoms with Crippen LogP contribution in [0.5, 0.6) is 0 Å². The number of carboxylic acids is 7. The van der Waals surface area contributed by atoms with Crippen LogP contribution in [0.15, 0.2) is 65.1 Å². The fourth-order valence-corrected chi connectivity index (χ4v) is 9.12. The third-order valence-electron chi connectivity index (χ3n) is 10.3. The molecule has 8 N–H and O–H groups in total. The molecule has 2 unspecified atom stereocenters. The fourth-order valence-electron chi connectivity index (χ4n) is 7.15. The predicted octanol–water partition coefficient (Wildman–Crippen LogP) is -1.05. The van der Waals surface area contributed by atoms with Gasteiger partial charge < -0.3 is 60.5 Å². The van der Waals surface area contributed by atoms with Crippen LogP contribution in [0.1, 0.15) is 10.4 Å². The Balaban J connectivity index is 1.48. The molecule has 23 nitrogen and oxygen atoms in total. The molecule has 25 heteroatoms. The predicted molar refractivity (Wildman–Crippen MR) is 249 cm³/mol. The van der Waals surface area contributed by atoms with Crippen molar-refractivity contribution >= 4 is 93.8 Å². The molecular formula is C44H50N6O17S2. The molecule has 2 aliphatic rings. The molecule has 370 valence electrons. The number of aromatic carboxylic acids is 1. The van der Waals surface area contributed by atoms with Gasteiger partial charge in [0.25, 0.3) is 0 Å². The Labute approximate surface area is 401 Å². The number of nitrogens with one attached hydrogen (secondary N) is 2. The van der Waals surface area contributed by atoms with Crippen molar-refractivity contribution in [3.05, 3.63) is 71.6 Å². The summed E-state index contributed by atoms with van der Waals surface area (Å²) in [6, 6.07) is 14.3. The topological polar surface area (TPSA) is 348 Å². The van der Waals surface area contributed by atoms with E-state index < -0.39 is 91.9 Å². The van der Waals surface area contributed by atoms with E-state index in [-0.39, 0.29) is 53.9 Å². The van der Waals surface area contributed by atoms with Gasteiger partial charge in [0, 0.05) is 65.5 Å². The van der Waals surface area contributed by atoms with E-state index >= 15 is 0 Å². The van der Waals surface area contributed by atoms with Crippen molar-refractivity contribution in [2.45, 2.75) is 12.1 Å². The Morgan fingerprint density at radius 2 is 1.20 bits per heavy atom. The molecule has 4 rings (SSSR count). The van der Waals surface area contributed by atoms with Crippen molar-refractivity contribution in [1.82, 2.24) is 25.0 Å². The molecule has 69 heavy (non-hydrogen) atoms. The second-order valence-corrected chi connectivity index (χ2v) is 17.4. The third kappa shape index (κ3) is 15.9. The number of carbonyl (C=O) groups is 9. The maximum absolute atomic E-state index is 13.0. The van der Waals surface area contributed by atoms with Gasteiger partial charge in [0.15, 0.2) is 6.54 Å². The number of aliphatic carboxylic acids is 6. The Morgan fingerprint density at radius 3 is 1.71 bits per heavy atom. The lowest BCUT2D eigenvalue weighted by Crippen LogP contribution is -2.48. The summed E-state index contributed by atoms with van der Waals surface area (Å²) in [7, 11) is 3.40. The van der Waals surface area contributed by atoms with Gasteiger partial charge in [0.05, 0.1) is 56.3 Å². The van der Waals surface area contributed by atoms with Crippen LogP contribution >= 0.6 is 23.5 Å². The van der Waals surface area contributed by atoms with Crippen LogP contribution < -0.4 is 30.6 Å². The summed E-state index contributed by atoms with van der Waals surface area (Å²) in [5.41, 5.74) is 1.99. The lowest BCUT2D eigenvalue weighted by atomic mass is 9.90. The molecular weight excluding hydrogens is 949 g/mol. The molecule has 2 amide bonds. The van der Waals surface area contributed by atoms with E-state index in [1.807, 2.05) is 4.58 Å². The molecule has 2 aromatic carbocycles. The second-order valence-electron chi connectivity index (χ2n) is 15.3. The maximum atomic E-state index is 13.0. The lowest BCUT2D eigenvalue weighted by Gasteiger charge is -2.26. The zero-order valence-corrected chi connectivity index (χ0v) is 38.8. The highest BCUT2D eigenvalue weighted by Crippen LogP contribution is 2.42. The average molecular weight is 999 g/mol. The fraction of sp³-hybridized carbons (Fsp3) is 0.364. The number of amides is 2. The van der Waals surface area contributed by atoms with Gasteiger partial charge >= 0.3 is 35.8 Å². The van der Waals surface area contributed by atoms with Gasteiger partial charge in [-0.1, -0.05) is 30.3 Å². The number of carboxylic acid groups (broad SMARTS) is 7. The van der Waals surface area contributed by atoms with Crippen LogP contribution in [-0.2, 0) is 38.4 Å². The molecule has 1 aliphatic carbocycles. The largest absolute Gasteiger partial charge is 0.545 e. The molecule has 1 aliphatic heterocycles. The highest BCUT2D eigenvalue weighted by molar-refractivity contribution is 8.00. The Morgan fingerprint density at radius 1 is 0.681 bits per heavy atom. The third-order valence-corrected chi connectivity index (χ3v) is 12.4. The summed E-state index contributed by atoms with van der Waals surface area (Å²) in [6.45, 7) is -2.67. The minimum Gasteiger partial charge on any atom is -0.545 e. The van der Waals surface area contributed by atoms with Crippen molar-refractivity contribution in [3.63, 3.8) is 0 Å². The molecule has 0 aromatic heterocycles. The summed E-state index contributed by atoms with van der Waals surface area (Å²) in [4.78, 5) is 110. The number of nitrogens with zero attached hydrogens (tertiary/aromatic N) is 4. The van der Waals surface area contributed by atoms with Gasteiger partial charge in [-0.25, -0.2) is 4.58 Å². The van der Waals surface area contributed by atoms with Crippen LogP contribution in [0, 0.1) is 0 Å². The molecule has 0 bridgehead atoms. The average Bonchev–Trinajstić information content (AvgIpc) is 3.26. The molecule has 0 spiro atoms. The molecule has 2 atom stereocenters. The van der Waals surface area contributed by atoms with E-state index in [9.17, 15) is 58.5 Å². The van der Waals surface area contributed by atoms with Crippen LogP contribution in [0.25, 0.3) is 33.4 Å². The normalized spacial score (nSPS) is 12.6. The van der Waals surface area contributed by atoms with E-state index in [0.29, 0.717) is 45.3 Å². The van der Waals surface area contributed by atoms with E-state index in [1.165, 1.54) is 0 Å². The summed E-state index contributed by atoms with van der Waals surface area (Å²) >= 11 is 1.78. The standard InChI is InChI=1S/C44H50N6O17S2/c1-47(14-12-45-34(51)23-68-21-30(42(61)62)49(17-36(53)54)18-37(55)56)25-10-11-27-33(16-25)67-32-9-4-3-6-26(32)40(27)28-7-5-8-29(41(28)44(65)66)48(2)15-13-46-35(52)24-69-22-31(43(63)64)50(19-38(57)58)20-39(59)60/h3-11,16,30-31H,12-15,17-24H2,1-2H3,(H8-,45,46,51,52,53,54,55,56,57,58,59,60,61,62,63,64,65,66). The van der Waals surface area contributed by atoms with Crippen LogP contribution in [0.3, 0.4) is 0 Å². The summed E-state index contributed by atoms with van der Waals surface area (Å²) in [6.07, 6.45) is 0. The van der Waals surface area contributed by atoms with Gasteiger partial charge in [-0.3, -0.25) is 48.2 Å². The first kappa shape index (κ1) is 54.4. The van der Waals surface area contributed by atoms with Gasteiger partial charge in [0.2, 0.25) is 17.2 Å². The van der Waals surface area contributed by atoms with Crippen LogP contribution in [0.2, 0.25) is 0 Å². The minimum atomic E-state index is -1.49. The van der Waals surface area contributed by atoms with Crippen molar-refractivity contribution in [3.8, 4) is 22.5 Å². The summed E-state index contributed by atoms with van der Waals surface area (Å²) in [5.74, 6) is -11.5. The lowest BCUT2D eigenvalue weighted by molar-refractivity contribution is -0.254. The first-order valence-electron chi connectivity index (χ1n) is 20.7. The number of fused-ring (bicyclic) bond motifs is 2. The number of rotatable bonds is 29. The minimum absolute atomic E-state index is 0.0343. The van der Waals surface area contributed by atoms with E-state index in [4.69, 9.17) is 24.8 Å². The monoisotopic (exact) mass is 998 g/mol. The number of likely N-dealkylation sites (N-methyl/N-ethyl adjacent to an activating group) is 2. The van der Waals surface area contributed by atoms with Crippen molar-refractivity contribution in [2.24, 2.45) is 0 Å². The van der Waals surface area contributed by atoms with Gasteiger partial charge in [0.1, 0.15) is 30.5 Å². The highest BCUT2D eigenvalue weighted by atomic mass is 32.2. The van der Waals surface area contributed by atoms with E-state index in [2.05, 4.69) is 10.6 Å². The van der Waals surface area contributed by atoms with E-state index in [1.54, 1.807) is 79.7 Å². The first-order chi connectivity index (χ1) is 32.7. The number of carbonyl (C=O) groups excluding carboxylic acids is 3. The molecule has 0 saturated heterocycles. The maximum Gasteiger partial charge on any atom is 0.321 e. The number of hydrogen-bond donors (Lipinski definition) is 8. The van der Waals surface area contributed by atoms with Crippen molar-refractivity contribution in [1.29, 1.82) is 0 Å². The Kier molecular flexibility index (Phi) is 20.3. The SMILES string of the molecule is CN(CCNC(=O)CSCC(C(=O)O)N(CC(=O)O)CC(=O)O)c1cccc(-c2c3ccc(=[N+](C)CCNC(=O)CSCC(C(=O)O)N(CC(=O)O)CC(=O)O)cc-3oc3ccccc23)c1C(=O)[O-]. The van der Waals surface area contributed by atoms with Crippen molar-refractivity contribution in [2.75, 3.05) is 94.4 Å². The quantitative estimate of drug-likeness (QED) is 0.0238. The van der Waals surface area contributed by atoms with Crippen LogP contribution in [0.4, 0.5) is 5.69 Å². The molecule has 0 fully saturated rings. The number of anilines is 1. The zero-order valence-electron chi connectivity index (χ0n) is 37.2. The van der Waals surface area contributed by atoms with Gasteiger partial charge in [-0.05, 0) is 23.8 Å². The van der Waals surface area contributed by atoms with Crippen molar-refractivity contribution < 1.29 is 83.3 Å². The van der Waals surface area contributed by atoms with Gasteiger partial charge in [-0.15, -0.1) is 23.5 Å². The summed E-state index contributed by atoms with van der Waals surface area (Å²) < 4.78 is 8.16. The summed E-state index contributed by atoms with van der Waals surface area (Å²) in [5, 5.41) is 75.4.